The lowest BCUT2D eigenvalue weighted by atomic mass is 9.87. The lowest BCUT2D eigenvalue weighted by Gasteiger charge is -2.24. The van der Waals surface area contributed by atoms with Gasteiger partial charge in [-0.3, -0.25) is 4.79 Å². The summed E-state index contributed by atoms with van der Waals surface area (Å²) < 4.78 is 5.90. The summed E-state index contributed by atoms with van der Waals surface area (Å²) in [5.41, 5.74) is 5.47. The molecule has 1 N–H and O–H groups in total. The molecule has 1 aliphatic rings. The molecule has 2 aromatic rings. The second kappa shape index (κ2) is 9.02. The molecule has 3 heteroatoms. The second-order valence-electron chi connectivity index (χ2n) is 9.24. The first-order chi connectivity index (χ1) is 13.8. The second-order valence-corrected chi connectivity index (χ2v) is 9.24. The quantitative estimate of drug-likeness (QED) is 0.664. The van der Waals surface area contributed by atoms with Crippen LogP contribution in [0.3, 0.4) is 0 Å². The zero-order chi connectivity index (χ0) is 21.0. The smallest absolute Gasteiger partial charge is 0.261 e. The van der Waals surface area contributed by atoms with Crippen LogP contribution in [0, 0.1) is 0 Å². The Bertz CT molecular complexity index is 833. The first-order valence-electron chi connectivity index (χ1n) is 11.0. The zero-order valence-corrected chi connectivity index (χ0v) is 18.5. The van der Waals surface area contributed by atoms with Gasteiger partial charge in [0.25, 0.3) is 5.91 Å². The Labute approximate surface area is 175 Å². The minimum Gasteiger partial charge on any atom is -0.481 e. The fourth-order valence-corrected chi connectivity index (χ4v) is 3.97. The van der Waals surface area contributed by atoms with Gasteiger partial charge in [0.15, 0.2) is 6.10 Å². The van der Waals surface area contributed by atoms with Gasteiger partial charge in [0.05, 0.1) is 6.04 Å². The van der Waals surface area contributed by atoms with E-state index in [4.69, 9.17) is 4.74 Å². The van der Waals surface area contributed by atoms with E-state index in [9.17, 15) is 4.79 Å². The van der Waals surface area contributed by atoms with E-state index in [1.165, 1.54) is 41.5 Å². The number of carbonyl (C=O) groups excluding carboxylic acids is 1. The van der Waals surface area contributed by atoms with E-state index >= 15 is 0 Å². The molecular formula is C26H35NO2. The molecule has 3 nitrogen and oxygen atoms in total. The van der Waals surface area contributed by atoms with Gasteiger partial charge >= 0.3 is 0 Å². The number of ether oxygens (including phenoxy) is 1. The highest BCUT2D eigenvalue weighted by Crippen LogP contribution is 2.27. The van der Waals surface area contributed by atoms with Crippen LogP contribution in [-0.2, 0) is 23.1 Å². The Morgan fingerprint density at radius 2 is 1.69 bits per heavy atom. The van der Waals surface area contributed by atoms with E-state index in [2.05, 4.69) is 63.3 Å². The Kier molecular flexibility index (Phi) is 6.66. The fraction of sp³-hybridized carbons (Fsp3) is 0.500. The average Bonchev–Trinajstić information content (AvgIpc) is 2.71. The van der Waals surface area contributed by atoms with Crippen molar-refractivity contribution in [2.24, 2.45) is 0 Å². The van der Waals surface area contributed by atoms with Gasteiger partial charge in [-0.25, -0.2) is 0 Å². The van der Waals surface area contributed by atoms with Crippen LogP contribution in [0.4, 0.5) is 0 Å². The predicted molar refractivity (Wildman–Crippen MR) is 119 cm³/mol. The Balaban J connectivity index is 1.63. The van der Waals surface area contributed by atoms with Crippen molar-refractivity contribution in [3.05, 3.63) is 64.7 Å². The van der Waals surface area contributed by atoms with Crippen LogP contribution in [0.15, 0.2) is 42.5 Å². The van der Waals surface area contributed by atoms with Crippen LogP contribution >= 0.6 is 0 Å². The van der Waals surface area contributed by atoms with Crippen molar-refractivity contribution in [2.45, 2.75) is 84.3 Å². The third kappa shape index (κ3) is 5.41. The highest BCUT2D eigenvalue weighted by Gasteiger charge is 2.21. The van der Waals surface area contributed by atoms with Gasteiger partial charge < -0.3 is 10.1 Å². The van der Waals surface area contributed by atoms with Crippen molar-refractivity contribution in [3.8, 4) is 5.75 Å². The van der Waals surface area contributed by atoms with Gasteiger partial charge in [0, 0.05) is 0 Å². The van der Waals surface area contributed by atoms with Crippen molar-refractivity contribution in [2.75, 3.05) is 0 Å². The van der Waals surface area contributed by atoms with E-state index in [-0.39, 0.29) is 17.4 Å². The van der Waals surface area contributed by atoms with Crippen LogP contribution < -0.4 is 10.1 Å². The van der Waals surface area contributed by atoms with E-state index < -0.39 is 6.10 Å². The van der Waals surface area contributed by atoms with Crippen LogP contribution in [0.25, 0.3) is 0 Å². The number of rotatable bonds is 6. The predicted octanol–water partition coefficient (Wildman–Crippen LogP) is 5.90. The number of benzene rings is 2. The van der Waals surface area contributed by atoms with Gasteiger partial charge in [-0.2, -0.15) is 0 Å². The van der Waals surface area contributed by atoms with Crippen molar-refractivity contribution >= 4 is 5.91 Å². The molecular weight excluding hydrogens is 358 g/mol. The van der Waals surface area contributed by atoms with E-state index in [1.54, 1.807) is 0 Å². The SMILES string of the molecule is CC[C@@H](NC(=O)[C@@H](C)Oc1ccc(C(C)(C)C)cc1)c1ccc2c(c1)CCCC2. The zero-order valence-electron chi connectivity index (χ0n) is 18.5. The monoisotopic (exact) mass is 393 g/mol. The van der Waals surface area contributed by atoms with Crippen LogP contribution in [0.5, 0.6) is 5.75 Å². The van der Waals surface area contributed by atoms with Gasteiger partial charge in [0.1, 0.15) is 5.75 Å². The molecule has 156 valence electrons. The van der Waals surface area contributed by atoms with Crippen molar-refractivity contribution in [1.29, 1.82) is 0 Å². The summed E-state index contributed by atoms with van der Waals surface area (Å²) >= 11 is 0. The Hall–Kier alpha value is -2.29. The molecule has 2 aromatic carbocycles. The number of carbonyl (C=O) groups is 1. The summed E-state index contributed by atoms with van der Waals surface area (Å²) in [6, 6.07) is 14.8. The Morgan fingerprint density at radius 3 is 2.31 bits per heavy atom. The van der Waals surface area contributed by atoms with Gasteiger partial charge in [-0.05, 0) is 78.8 Å². The van der Waals surface area contributed by atoms with Crippen molar-refractivity contribution in [1.82, 2.24) is 5.32 Å². The van der Waals surface area contributed by atoms with E-state index in [0.29, 0.717) is 0 Å². The molecule has 1 amide bonds. The standard InChI is InChI=1S/C26H35NO2/c1-6-24(21-12-11-19-9-7-8-10-20(19)17-21)27-25(28)18(2)29-23-15-13-22(14-16-23)26(3,4)5/h11-18,24H,6-10H2,1-5H3,(H,27,28)/t18-,24-/m1/s1. The molecule has 0 unspecified atom stereocenters. The topological polar surface area (TPSA) is 38.3 Å². The minimum atomic E-state index is -0.540. The van der Waals surface area contributed by atoms with Crippen molar-refractivity contribution < 1.29 is 9.53 Å². The number of amides is 1. The molecule has 0 aromatic heterocycles. The maximum absolute atomic E-state index is 12.8. The summed E-state index contributed by atoms with van der Waals surface area (Å²) in [5, 5.41) is 3.18. The molecule has 0 aliphatic heterocycles. The number of aryl methyl sites for hydroxylation is 2. The first-order valence-corrected chi connectivity index (χ1v) is 11.0. The third-order valence-electron chi connectivity index (χ3n) is 5.90. The normalized spacial score (nSPS) is 15.9. The van der Waals surface area contributed by atoms with E-state index in [0.717, 1.165) is 18.6 Å². The first kappa shape index (κ1) is 21.4. The summed E-state index contributed by atoms with van der Waals surface area (Å²) in [7, 11) is 0. The molecule has 2 atom stereocenters. The van der Waals surface area contributed by atoms with Gasteiger partial charge in [-0.15, -0.1) is 0 Å². The van der Waals surface area contributed by atoms with Crippen LogP contribution in [0.2, 0.25) is 0 Å². The van der Waals surface area contributed by atoms with Crippen LogP contribution in [-0.4, -0.2) is 12.0 Å². The van der Waals surface area contributed by atoms with Gasteiger partial charge in [0.2, 0.25) is 0 Å². The molecule has 0 fully saturated rings. The fourth-order valence-electron chi connectivity index (χ4n) is 3.97. The highest BCUT2D eigenvalue weighted by molar-refractivity contribution is 5.81. The number of nitrogens with one attached hydrogen (secondary N) is 1. The molecule has 0 heterocycles. The van der Waals surface area contributed by atoms with Gasteiger partial charge in [-0.1, -0.05) is 58.0 Å². The molecule has 0 spiro atoms. The molecule has 0 bridgehead atoms. The third-order valence-corrected chi connectivity index (χ3v) is 5.90. The Morgan fingerprint density at radius 1 is 1.03 bits per heavy atom. The lowest BCUT2D eigenvalue weighted by Crippen LogP contribution is -2.38. The number of hydrogen-bond donors (Lipinski definition) is 1. The molecule has 0 radical (unpaired) electrons. The summed E-state index contributed by atoms with van der Waals surface area (Å²) in [4.78, 5) is 12.8. The maximum Gasteiger partial charge on any atom is 0.261 e. The van der Waals surface area contributed by atoms with Crippen LogP contribution in [0.1, 0.15) is 82.2 Å². The summed E-state index contributed by atoms with van der Waals surface area (Å²) in [5.74, 6) is 0.650. The molecule has 0 saturated heterocycles. The molecule has 0 saturated carbocycles. The summed E-state index contributed by atoms with van der Waals surface area (Å²) in [6.45, 7) is 10.5. The lowest BCUT2D eigenvalue weighted by molar-refractivity contribution is -0.128. The molecule has 3 rings (SSSR count). The van der Waals surface area contributed by atoms with Crippen molar-refractivity contribution in [3.63, 3.8) is 0 Å². The molecule has 29 heavy (non-hydrogen) atoms. The molecule has 1 aliphatic carbocycles. The number of fused-ring (bicyclic) bond motifs is 1. The maximum atomic E-state index is 12.8. The number of hydrogen-bond acceptors (Lipinski definition) is 2. The van der Waals surface area contributed by atoms with E-state index in [1.807, 2.05) is 19.1 Å². The largest absolute Gasteiger partial charge is 0.481 e. The minimum absolute atomic E-state index is 0.0176. The summed E-state index contributed by atoms with van der Waals surface area (Å²) in [6.07, 6.45) is 5.19. The highest BCUT2D eigenvalue weighted by atomic mass is 16.5. The average molecular weight is 394 g/mol.